The van der Waals surface area contributed by atoms with Crippen molar-refractivity contribution in [1.82, 2.24) is 9.29 Å². The maximum absolute atomic E-state index is 12.8. The van der Waals surface area contributed by atoms with E-state index >= 15 is 0 Å². The van der Waals surface area contributed by atoms with Crippen molar-refractivity contribution in [2.75, 3.05) is 6.54 Å². The van der Waals surface area contributed by atoms with Crippen molar-refractivity contribution in [3.05, 3.63) is 60.4 Å². The number of hydrogen-bond acceptors (Lipinski definition) is 5. The lowest BCUT2D eigenvalue weighted by molar-refractivity contribution is -0.192. The van der Waals surface area contributed by atoms with Crippen LogP contribution in [0.25, 0.3) is 0 Å². The first kappa shape index (κ1) is 22.8. The SMILES string of the molecule is O=C(O)C(F)(F)F.O=S(=O)(c1ccccc1)N1CC[C@@H](O)[C@@H]1Cc1ccncc1. The van der Waals surface area contributed by atoms with E-state index in [-0.39, 0.29) is 4.90 Å². The number of halogens is 3. The second-order valence-corrected chi connectivity index (χ2v) is 8.11. The number of sulfonamides is 1. The summed E-state index contributed by atoms with van der Waals surface area (Å²) in [4.78, 5) is 13.1. The molecule has 2 atom stereocenters. The van der Waals surface area contributed by atoms with Gasteiger partial charge in [0.25, 0.3) is 0 Å². The zero-order chi connectivity index (χ0) is 21.7. The molecule has 0 saturated carbocycles. The first-order chi connectivity index (χ1) is 13.5. The molecule has 1 aromatic heterocycles. The van der Waals surface area contributed by atoms with Crippen molar-refractivity contribution in [1.29, 1.82) is 0 Å². The van der Waals surface area contributed by atoms with E-state index in [9.17, 15) is 26.7 Å². The Morgan fingerprint density at radius 1 is 1.14 bits per heavy atom. The Hall–Kier alpha value is -2.50. The molecule has 2 heterocycles. The highest BCUT2D eigenvalue weighted by atomic mass is 32.2. The number of alkyl halides is 3. The van der Waals surface area contributed by atoms with Gasteiger partial charge in [0.15, 0.2) is 0 Å². The van der Waals surface area contributed by atoms with E-state index in [1.807, 2.05) is 12.1 Å². The molecule has 11 heteroatoms. The number of benzene rings is 1. The zero-order valence-electron chi connectivity index (χ0n) is 15.0. The first-order valence-corrected chi connectivity index (χ1v) is 9.91. The van der Waals surface area contributed by atoms with E-state index in [0.29, 0.717) is 19.4 Å². The number of pyridine rings is 1. The van der Waals surface area contributed by atoms with Crippen LogP contribution in [0.1, 0.15) is 12.0 Å². The number of nitrogens with zero attached hydrogens (tertiary/aromatic N) is 2. The normalized spacial score (nSPS) is 20.0. The van der Waals surface area contributed by atoms with Crippen molar-refractivity contribution >= 4 is 16.0 Å². The van der Waals surface area contributed by atoms with Gasteiger partial charge in [0.2, 0.25) is 10.0 Å². The molecule has 1 fully saturated rings. The highest BCUT2D eigenvalue weighted by molar-refractivity contribution is 7.89. The number of rotatable bonds is 4. The number of aliphatic hydroxyl groups excluding tert-OH is 1. The van der Waals surface area contributed by atoms with Gasteiger partial charge in [0, 0.05) is 18.9 Å². The average molecular weight is 432 g/mol. The Bertz CT molecular complexity index is 908. The molecule has 0 radical (unpaired) electrons. The fourth-order valence-corrected chi connectivity index (χ4v) is 4.52. The molecule has 0 bridgehead atoms. The van der Waals surface area contributed by atoms with Crippen LogP contribution in [-0.4, -0.2) is 58.8 Å². The maximum atomic E-state index is 12.8. The molecule has 1 aromatic carbocycles. The van der Waals surface area contributed by atoms with Gasteiger partial charge in [0.1, 0.15) is 0 Å². The summed E-state index contributed by atoms with van der Waals surface area (Å²) in [7, 11) is -3.58. The zero-order valence-corrected chi connectivity index (χ0v) is 15.8. The van der Waals surface area contributed by atoms with Crippen LogP contribution in [0.2, 0.25) is 0 Å². The molecular weight excluding hydrogens is 413 g/mol. The Morgan fingerprint density at radius 2 is 1.69 bits per heavy atom. The molecule has 0 unspecified atom stereocenters. The predicted molar refractivity (Wildman–Crippen MR) is 96.4 cm³/mol. The number of carboxylic acids is 1. The molecular formula is C18H19F3N2O5S. The Balaban J connectivity index is 0.000000370. The number of aliphatic carboxylic acids is 1. The molecule has 3 rings (SSSR count). The molecule has 29 heavy (non-hydrogen) atoms. The summed E-state index contributed by atoms with van der Waals surface area (Å²) >= 11 is 0. The topological polar surface area (TPSA) is 108 Å². The van der Waals surface area contributed by atoms with E-state index in [1.54, 1.807) is 42.7 Å². The maximum Gasteiger partial charge on any atom is 0.490 e. The number of aliphatic hydroxyl groups is 1. The molecule has 1 aliphatic heterocycles. The minimum atomic E-state index is -5.08. The Labute approximate surface area is 165 Å². The van der Waals surface area contributed by atoms with E-state index in [2.05, 4.69) is 4.98 Å². The lowest BCUT2D eigenvalue weighted by Gasteiger charge is -2.25. The number of carboxylic acid groups (broad SMARTS) is 1. The number of aromatic nitrogens is 1. The van der Waals surface area contributed by atoms with E-state index in [0.717, 1.165) is 5.56 Å². The summed E-state index contributed by atoms with van der Waals surface area (Å²) in [5, 5.41) is 17.3. The lowest BCUT2D eigenvalue weighted by atomic mass is 10.0. The molecule has 1 aliphatic rings. The van der Waals surface area contributed by atoms with Gasteiger partial charge in [-0.3, -0.25) is 4.98 Å². The van der Waals surface area contributed by atoms with Gasteiger partial charge >= 0.3 is 12.1 Å². The summed E-state index contributed by atoms with van der Waals surface area (Å²) in [6, 6.07) is 11.6. The van der Waals surface area contributed by atoms with Crippen molar-refractivity contribution in [3.63, 3.8) is 0 Å². The predicted octanol–water partition coefficient (Wildman–Crippen LogP) is 2.08. The third kappa shape index (κ3) is 5.99. The molecule has 1 saturated heterocycles. The van der Waals surface area contributed by atoms with Gasteiger partial charge in [0.05, 0.1) is 17.0 Å². The van der Waals surface area contributed by atoms with Crippen molar-refractivity contribution < 1.29 is 36.6 Å². The standard InChI is InChI=1S/C16H18N2O3S.C2HF3O2/c19-16-8-11-18(15(16)12-13-6-9-17-10-7-13)22(20,21)14-4-2-1-3-5-14;3-2(4,5)1(6)7/h1-7,9-10,15-16,19H,8,11-12H2;(H,6,7)/t15-,16+;/m0./s1. The second-order valence-electron chi connectivity index (χ2n) is 6.21. The summed E-state index contributed by atoms with van der Waals surface area (Å²) in [5.74, 6) is -2.76. The van der Waals surface area contributed by atoms with Crippen LogP contribution in [0.15, 0.2) is 59.8 Å². The lowest BCUT2D eigenvalue weighted by Crippen LogP contribution is -2.41. The monoisotopic (exact) mass is 432 g/mol. The van der Waals surface area contributed by atoms with Crippen LogP contribution in [0.4, 0.5) is 13.2 Å². The van der Waals surface area contributed by atoms with Gasteiger partial charge in [-0.1, -0.05) is 18.2 Å². The van der Waals surface area contributed by atoms with Gasteiger partial charge in [-0.25, -0.2) is 13.2 Å². The molecule has 0 amide bonds. The molecule has 2 aromatic rings. The minimum Gasteiger partial charge on any atom is -0.475 e. The van der Waals surface area contributed by atoms with Crippen LogP contribution in [-0.2, 0) is 21.2 Å². The highest BCUT2D eigenvalue weighted by Crippen LogP contribution is 2.28. The summed E-state index contributed by atoms with van der Waals surface area (Å²) in [5.41, 5.74) is 0.967. The summed E-state index contributed by atoms with van der Waals surface area (Å²) in [6.45, 7) is 0.341. The minimum absolute atomic E-state index is 0.267. The average Bonchev–Trinajstić information content (AvgIpc) is 3.04. The number of carbonyl (C=O) groups is 1. The first-order valence-electron chi connectivity index (χ1n) is 8.47. The third-order valence-electron chi connectivity index (χ3n) is 4.25. The Morgan fingerprint density at radius 3 is 2.21 bits per heavy atom. The summed E-state index contributed by atoms with van der Waals surface area (Å²) in [6.07, 6.45) is -1.44. The van der Waals surface area contributed by atoms with E-state index in [1.165, 1.54) is 4.31 Å². The van der Waals surface area contributed by atoms with Gasteiger partial charge in [-0.2, -0.15) is 17.5 Å². The summed E-state index contributed by atoms with van der Waals surface area (Å²) < 4.78 is 58.7. The van der Waals surface area contributed by atoms with E-state index in [4.69, 9.17) is 9.90 Å². The van der Waals surface area contributed by atoms with Crippen molar-refractivity contribution in [2.24, 2.45) is 0 Å². The highest BCUT2D eigenvalue weighted by Gasteiger charge is 2.40. The smallest absolute Gasteiger partial charge is 0.475 e. The Kier molecular flexibility index (Phi) is 7.33. The molecule has 7 nitrogen and oxygen atoms in total. The van der Waals surface area contributed by atoms with Crippen molar-refractivity contribution in [2.45, 2.75) is 36.1 Å². The molecule has 0 spiro atoms. The third-order valence-corrected chi connectivity index (χ3v) is 6.18. The van der Waals surface area contributed by atoms with Crippen LogP contribution >= 0.6 is 0 Å². The second kappa shape index (κ2) is 9.33. The fraction of sp³-hybridized carbons (Fsp3) is 0.333. The molecule has 2 N–H and O–H groups in total. The number of hydrogen-bond donors (Lipinski definition) is 2. The fourth-order valence-electron chi connectivity index (χ4n) is 2.83. The van der Waals surface area contributed by atoms with E-state index < -0.39 is 34.3 Å². The quantitative estimate of drug-likeness (QED) is 0.766. The van der Waals surface area contributed by atoms with Gasteiger partial charge < -0.3 is 10.2 Å². The van der Waals surface area contributed by atoms with Crippen molar-refractivity contribution in [3.8, 4) is 0 Å². The van der Waals surface area contributed by atoms with Crippen LogP contribution < -0.4 is 0 Å². The molecule has 158 valence electrons. The van der Waals surface area contributed by atoms with Gasteiger partial charge in [-0.05, 0) is 42.7 Å². The van der Waals surface area contributed by atoms with Crippen LogP contribution in [0, 0.1) is 0 Å². The molecule has 0 aliphatic carbocycles. The van der Waals surface area contributed by atoms with Crippen LogP contribution in [0.5, 0.6) is 0 Å². The van der Waals surface area contributed by atoms with Crippen LogP contribution in [0.3, 0.4) is 0 Å². The largest absolute Gasteiger partial charge is 0.490 e. The van der Waals surface area contributed by atoms with Gasteiger partial charge in [-0.15, -0.1) is 0 Å².